The van der Waals surface area contributed by atoms with E-state index in [0.717, 1.165) is 23.1 Å². The number of ketones is 1. The van der Waals surface area contributed by atoms with E-state index in [-0.39, 0.29) is 41.3 Å². The van der Waals surface area contributed by atoms with Crippen molar-refractivity contribution in [1.82, 2.24) is 29.6 Å². The Labute approximate surface area is 243 Å². The van der Waals surface area contributed by atoms with Gasteiger partial charge in [-0.25, -0.2) is 14.8 Å². The van der Waals surface area contributed by atoms with Crippen molar-refractivity contribution in [2.24, 2.45) is 5.41 Å². The fourth-order valence-corrected chi connectivity index (χ4v) is 6.28. The monoisotopic (exact) mass is 617 g/mol. The number of carbonyl (C=O) groups is 3. The summed E-state index contributed by atoms with van der Waals surface area (Å²) >= 11 is 3.35. The lowest BCUT2D eigenvalue weighted by molar-refractivity contribution is -0.138. The first-order chi connectivity index (χ1) is 19.4. The predicted molar refractivity (Wildman–Crippen MR) is 155 cm³/mol. The van der Waals surface area contributed by atoms with E-state index in [1.807, 2.05) is 32.0 Å². The molecule has 1 aliphatic heterocycles. The van der Waals surface area contributed by atoms with Gasteiger partial charge in [-0.1, -0.05) is 13.0 Å². The highest BCUT2D eigenvalue weighted by Crippen LogP contribution is 2.59. The Bertz CT molecular complexity index is 1810. The van der Waals surface area contributed by atoms with Gasteiger partial charge in [0, 0.05) is 36.3 Å². The molecule has 1 aliphatic carbocycles. The van der Waals surface area contributed by atoms with Crippen LogP contribution < -0.4 is 11.0 Å². The third-order valence-corrected chi connectivity index (χ3v) is 8.63. The number of nitrogens with one attached hydrogen (secondary N) is 2. The standard InChI is InChI=1S/C29H28BrN7O4/c1-14-5-6-22(30)33-26(14)34-27(40)20-9-29(4)10-21(29)37(20)23(39)13-36-25-15(2)7-17(18-11-31-28(41)32-12-18)8-19(25)24(35-36)16(3)38/h5-8,11-12,20-21H,9-10,13H2,1-4H3,(H,31,32,41)(H,33,34,40)/t20-,21+,29-/m0/s1. The van der Waals surface area contributed by atoms with Crippen LogP contribution in [0.3, 0.4) is 0 Å². The number of hydrogen-bond acceptors (Lipinski definition) is 7. The minimum absolute atomic E-state index is 0.0307. The first kappa shape index (κ1) is 27.0. The van der Waals surface area contributed by atoms with Gasteiger partial charge in [0.15, 0.2) is 5.78 Å². The molecule has 0 spiro atoms. The highest BCUT2D eigenvalue weighted by molar-refractivity contribution is 9.10. The van der Waals surface area contributed by atoms with Gasteiger partial charge in [0.25, 0.3) is 0 Å². The van der Waals surface area contributed by atoms with Crippen LogP contribution in [0.1, 0.15) is 48.3 Å². The second kappa shape index (κ2) is 9.72. The number of aryl methyl sites for hydroxylation is 2. The van der Waals surface area contributed by atoms with Crippen molar-refractivity contribution >= 4 is 50.2 Å². The summed E-state index contributed by atoms with van der Waals surface area (Å²) in [6.45, 7) is 7.17. The van der Waals surface area contributed by atoms with E-state index >= 15 is 0 Å². The van der Waals surface area contributed by atoms with Crippen LogP contribution in [-0.4, -0.2) is 59.3 Å². The fourth-order valence-electron chi connectivity index (χ4n) is 5.97. The molecule has 210 valence electrons. The van der Waals surface area contributed by atoms with Crippen LogP contribution in [0.5, 0.6) is 0 Å². The Morgan fingerprint density at radius 3 is 2.63 bits per heavy atom. The van der Waals surface area contributed by atoms with Crippen LogP contribution in [-0.2, 0) is 16.1 Å². The molecule has 1 saturated heterocycles. The molecule has 41 heavy (non-hydrogen) atoms. The molecule has 2 amide bonds. The second-order valence-corrected chi connectivity index (χ2v) is 12.1. The lowest BCUT2D eigenvalue weighted by Crippen LogP contribution is -2.47. The summed E-state index contributed by atoms with van der Waals surface area (Å²) < 4.78 is 2.17. The SMILES string of the molecule is CC(=O)c1nn(CC(=O)N2[C@H](C(=O)Nc3nc(Br)ccc3C)C[C@@]3(C)C[C@@H]23)c2c(C)cc(-c3cnc(=O)[nH]c3)cc12. The van der Waals surface area contributed by atoms with E-state index in [0.29, 0.717) is 33.3 Å². The molecule has 0 unspecified atom stereocenters. The largest absolute Gasteiger partial charge is 0.344 e. The molecule has 11 nitrogen and oxygen atoms in total. The smallest absolute Gasteiger partial charge is 0.325 e. The van der Waals surface area contributed by atoms with Crippen molar-refractivity contribution < 1.29 is 14.4 Å². The van der Waals surface area contributed by atoms with Gasteiger partial charge < -0.3 is 15.2 Å². The molecule has 12 heteroatoms. The maximum atomic E-state index is 13.9. The zero-order valence-electron chi connectivity index (χ0n) is 23.0. The molecule has 1 saturated carbocycles. The van der Waals surface area contributed by atoms with Gasteiger partial charge in [0.05, 0.1) is 5.52 Å². The molecule has 3 atom stereocenters. The normalized spacial score (nSPS) is 21.1. The first-order valence-corrected chi connectivity index (χ1v) is 14.1. The van der Waals surface area contributed by atoms with E-state index in [1.165, 1.54) is 13.1 Å². The number of Topliss-reactive ketones (excluding diaryl/α,β-unsaturated/α-hetero) is 1. The average Bonchev–Trinajstić information content (AvgIpc) is 3.27. The summed E-state index contributed by atoms with van der Waals surface area (Å²) in [7, 11) is 0. The number of likely N-dealkylation sites (tertiary alicyclic amines) is 1. The Hall–Kier alpha value is -4.19. The number of piperidine rings is 1. The Balaban J connectivity index is 1.32. The van der Waals surface area contributed by atoms with Crippen molar-refractivity contribution in [3.63, 3.8) is 0 Å². The lowest BCUT2D eigenvalue weighted by Gasteiger charge is -2.27. The number of carbonyl (C=O) groups excluding carboxylic acids is 3. The first-order valence-electron chi connectivity index (χ1n) is 13.3. The number of aromatic amines is 1. The van der Waals surface area contributed by atoms with Crippen LogP contribution >= 0.6 is 15.9 Å². The molecule has 4 aromatic rings. The van der Waals surface area contributed by atoms with Crippen LogP contribution in [0, 0.1) is 19.3 Å². The molecule has 6 rings (SSSR count). The predicted octanol–water partition coefficient (Wildman–Crippen LogP) is 3.78. The van der Waals surface area contributed by atoms with E-state index in [4.69, 9.17) is 0 Å². The second-order valence-electron chi connectivity index (χ2n) is 11.2. The van der Waals surface area contributed by atoms with Crippen molar-refractivity contribution in [3.05, 3.63) is 68.6 Å². The summed E-state index contributed by atoms with van der Waals surface area (Å²) in [6.07, 6.45) is 4.44. The van der Waals surface area contributed by atoms with Gasteiger partial charge in [-0.2, -0.15) is 5.10 Å². The minimum atomic E-state index is -0.638. The number of pyridine rings is 1. The van der Waals surface area contributed by atoms with Crippen LogP contribution in [0.2, 0.25) is 0 Å². The molecule has 2 aliphatic rings. The number of H-pyrrole nitrogens is 1. The van der Waals surface area contributed by atoms with Gasteiger partial charge in [0.1, 0.15) is 28.7 Å². The molecule has 2 N–H and O–H groups in total. The third kappa shape index (κ3) is 4.75. The van der Waals surface area contributed by atoms with Gasteiger partial charge in [0.2, 0.25) is 11.8 Å². The van der Waals surface area contributed by atoms with Crippen molar-refractivity contribution in [1.29, 1.82) is 0 Å². The summed E-state index contributed by atoms with van der Waals surface area (Å²) in [5.74, 6) is -0.285. The zero-order valence-corrected chi connectivity index (χ0v) is 24.6. The van der Waals surface area contributed by atoms with Crippen molar-refractivity contribution in [3.8, 4) is 11.1 Å². The van der Waals surface area contributed by atoms with Gasteiger partial charge in [-0.05, 0) is 82.9 Å². The summed E-state index contributed by atoms with van der Waals surface area (Å²) in [5.41, 5.74) is 3.42. The number of rotatable bonds is 6. The van der Waals surface area contributed by atoms with Crippen molar-refractivity contribution in [2.75, 3.05) is 5.32 Å². The average molecular weight is 618 g/mol. The zero-order chi connectivity index (χ0) is 29.2. The molecular weight excluding hydrogens is 590 g/mol. The molecule has 4 heterocycles. The number of anilines is 1. The quantitative estimate of drug-likeness (QED) is 0.247. The minimum Gasteiger partial charge on any atom is -0.325 e. The summed E-state index contributed by atoms with van der Waals surface area (Å²) in [6, 6.07) is 6.72. The number of nitrogens with zero attached hydrogens (tertiary/aromatic N) is 5. The van der Waals surface area contributed by atoms with Crippen LogP contribution in [0.25, 0.3) is 22.0 Å². The number of fused-ring (bicyclic) bond motifs is 2. The van der Waals surface area contributed by atoms with E-state index in [9.17, 15) is 19.2 Å². The maximum absolute atomic E-state index is 13.9. The number of hydrogen-bond donors (Lipinski definition) is 2. The summed E-state index contributed by atoms with van der Waals surface area (Å²) in [4.78, 5) is 63.8. The topological polar surface area (TPSA) is 143 Å². The maximum Gasteiger partial charge on any atom is 0.344 e. The molecule has 1 aromatic carbocycles. The summed E-state index contributed by atoms with van der Waals surface area (Å²) in [5, 5.41) is 8.08. The molecule has 0 radical (unpaired) electrons. The highest BCUT2D eigenvalue weighted by Gasteiger charge is 2.64. The fraction of sp³-hybridized carbons (Fsp3) is 0.345. The van der Waals surface area contributed by atoms with Crippen molar-refractivity contribution in [2.45, 2.75) is 59.2 Å². The van der Waals surface area contributed by atoms with Crippen LogP contribution in [0.4, 0.5) is 5.82 Å². The third-order valence-electron chi connectivity index (χ3n) is 8.19. The van der Waals surface area contributed by atoms with Gasteiger partial charge >= 0.3 is 5.69 Å². The van der Waals surface area contributed by atoms with E-state index in [1.54, 1.807) is 21.8 Å². The molecule has 2 fully saturated rings. The highest BCUT2D eigenvalue weighted by atomic mass is 79.9. The van der Waals surface area contributed by atoms with Gasteiger partial charge in [-0.3, -0.25) is 19.1 Å². The van der Waals surface area contributed by atoms with Gasteiger partial charge in [-0.15, -0.1) is 0 Å². The molecular formula is C29H28BrN7O4. The number of benzene rings is 1. The molecule has 0 bridgehead atoms. The molecule has 3 aromatic heterocycles. The lowest BCUT2D eigenvalue weighted by atomic mass is 10.0. The van der Waals surface area contributed by atoms with E-state index < -0.39 is 11.7 Å². The number of amides is 2. The Morgan fingerprint density at radius 1 is 1.15 bits per heavy atom. The Kier molecular flexibility index (Phi) is 6.40. The Morgan fingerprint density at radius 2 is 1.93 bits per heavy atom. The van der Waals surface area contributed by atoms with Crippen LogP contribution in [0.15, 0.2) is 46.1 Å². The van der Waals surface area contributed by atoms with E-state index in [2.05, 4.69) is 48.2 Å². The number of aromatic nitrogens is 5. The number of halogens is 1.